The van der Waals surface area contributed by atoms with E-state index in [0.717, 1.165) is 5.01 Å². The first-order valence-electron chi connectivity index (χ1n) is 10.1. The van der Waals surface area contributed by atoms with Crippen LogP contribution < -0.4 is 10.4 Å². The highest BCUT2D eigenvalue weighted by Crippen LogP contribution is 2.29. The van der Waals surface area contributed by atoms with Crippen molar-refractivity contribution in [3.05, 3.63) is 82.1 Å². The number of aromatic carboxylic acids is 1. The zero-order valence-electron chi connectivity index (χ0n) is 17.7. The van der Waals surface area contributed by atoms with E-state index in [4.69, 9.17) is 20.8 Å². The molecule has 0 radical (unpaired) electrons. The molecular formula is C24H17ClN2O7. The number of hydrazine groups is 1. The fourth-order valence-corrected chi connectivity index (χ4v) is 3.47. The Bertz CT molecular complexity index is 1340. The Morgan fingerprint density at radius 3 is 2.53 bits per heavy atom. The Kier molecular flexibility index (Phi) is 6.20. The number of hydrogen-bond acceptors (Lipinski definition) is 6. The molecule has 2 heterocycles. The zero-order chi connectivity index (χ0) is 24.4. The SMILES string of the molecule is CCOC(=O)c1ccc(N2NC(=O)C(=Cc3ccc(-c4ccc(Cl)c(C(=O)O)c4)o3)C2=O)cc1. The summed E-state index contributed by atoms with van der Waals surface area (Å²) in [5.41, 5.74) is 3.38. The lowest BCUT2D eigenvalue weighted by Crippen LogP contribution is -2.35. The molecule has 1 aliphatic rings. The molecule has 10 heteroatoms. The van der Waals surface area contributed by atoms with Crippen LogP contribution in [-0.4, -0.2) is 35.5 Å². The second kappa shape index (κ2) is 9.24. The predicted molar refractivity (Wildman–Crippen MR) is 122 cm³/mol. The number of halogens is 1. The number of amides is 2. The Morgan fingerprint density at radius 1 is 1.12 bits per heavy atom. The van der Waals surface area contributed by atoms with Gasteiger partial charge in [-0.05, 0) is 67.6 Å². The highest BCUT2D eigenvalue weighted by atomic mass is 35.5. The fourth-order valence-electron chi connectivity index (χ4n) is 3.27. The maximum absolute atomic E-state index is 12.8. The second-order valence-corrected chi connectivity index (χ2v) is 7.52. The van der Waals surface area contributed by atoms with E-state index in [1.807, 2.05) is 0 Å². The molecule has 0 spiro atoms. The van der Waals surface area contributed by atoms with Gasteiger partial charge >= 0.3 is 11.9 Å². The minimum absolute atomic E-state index is 0.0783. The summed E-state index contributed by atoms with van der Waals surface area (Å²) < 4.78 is 10.6. The summed E-state index contributed by atoms with van der Waals surface area (Å²) >= 11 is 5.90. The number of rotatable bonds is 6. The fraction of sp³-hybridized carbons (Fsp3) is 0.0833. The standard InChI is InChI=1S/C24H17ClN2O7/c1-2-33-24(32)13-3-6-15(7-4-13)27-22(29)18(21(28)26-27)12-16-8-10-20(34-16)14-5-9-19(25)17(11-14)23(30)31/h3-12H,2H2,1H3,(H,26,28)(H,30,31). The third-order valence-corrected chi connectivity index (χ3v) is 5.25. The van der Waals surface area contributed by atoms with Crippen LogP contribution in [0.4, 0.5) is 5.69 Å². The molecule has 9 nitrogen and oxygen atoms in total. The molecule has 2 aromatic carbocycles. The van der Waals surface area contributed by atoms with Gasteiger partial charge in [0.1, 0.15) is 17.1 Å². The number of hydrogen-bond donors (Lipinski definition) is 2. The molecule has 1 aromatic heterocycles. The van der Waals surface area contributed by atoms with Crippen molar-refractivity contribution in [3.8, 4) is 11.3 Å². The number of furan rings is 1. The molecule has 1 fully saturated rings. The molecule has 0 aliphatic carbocycles. The Labute approximate surface area is 198 Å². The van der Waals surface area contributed by atoms with Gasteiger partial charge in [0.2, 0.25) is 0 Å². The van der Waals surface area contributed by atoms with Gasteiger partial charge in [-0.1, -0.05) is 11.6 Å². The van der Waals surface area contributed by atoms with Crippen molar-refractivity contribution in [2.75, 3.05) is 11.6 Å². The number of nitrogens with zero attached hydrogens (tertiary/aromatic N) is 1. The molecule has 4 rings (SSSR count). The van der Waals surface area contributed by atoms with E-state index in [-0.39, 0.29) is 28.5 Å². The minimum Gasteiger partial charge on any atom is -0.478 e. The molecule has 34 heavy (non-hydrogen) atoms. The van der Waals surface area contributed by atoms with E-state index in [1.54, 1.807) is 25.1 Å². The van der Waals surface area contributed by atoms with Crippen molar-refractivity contribution in [3.63, 3.8) is 0 Å². The highest BCUT2D eigenvalue weighted by molar-refractivity contribution is 6.33. The van der Waals surface area contributed by atoms with Gasteiger partial charge in [0.25, 0.3) is 11.8 Å². The first kappa shape index (κ1) is 22.8. The van der Waals surface area contributed by atoms with Crippen LogP contribution in [0.2, 0.25) is 5.02 Å². The average molecular weight is 481 g/mol. The van der Waals surface area contributed by atoms with Crippen molar-refractivity contribution in [1.82, 2.24) is 5.43 Å². The molecule has 1 saturated heterocycles. The van der Waals surface area contributed by atoms with Gasteiger partial charge in [0, 0.05) is 5.56 Å². The average Bonchev–Trinajstić information content (AvgIpc) is 3.40. The van der Waals surface area contributed by atoms with Crippen LogP contribution >= 0.6 is 11.6 Å². The molecule has 3 aromatic rings. The molecule has 2 amide bonds. The number of anilines is 1. The van der Waals surface area contributed by atoms with Crippen LogP contribution in [0.1, 0.15) is 33.4 Å². The van der Waals surface area contributed by atoms with Crippen LogP contribution in [0.5, 0.6) is 0 Å². The molecular weight excluding hydrogens is 464 g/mol. The predicted octanol–water partition coefficient (Wildman–Crippen LogP) is 3.94. The van der Waals surface area contributed by atoms with Gasteiger partial charge in [-0.2, -0.15) is 0 Å². The quantitative estimate of drug-likeness (QED) is 0.311. The second-order valence-electron chi connectivity index (χ2n) is 7.11. The number of ether oxygens (including phenoxy) is 1. The molecule has 0 unspecified atom stereocenters. The van der Waals surface area contributed by atoms with Crippen molar-refractivity contribution in [2.24, 2.45) is 0 Å². The normalized spacial score (nSPS) is 14.4. The number of carbonyl (C=O) groups excluding carboxylic acids is 3. The Morgan fingerprint density at radius 2 is 1.85 bits per heavy atom. The lowest BCUT2D eigenvalue weighted by Gasteiger charge is -2.14. The van der Waals surface area contributed by atoms with Crippen molar-refractivity contribution in [2.45, 2.75) is 6.92 Å². The van der Waals surface area contributed by atoms with Crippen molar-refractivity contribution >= 4 is 47.1 Å². The van der Waals surface area contributed by atoms with Gasteiger partial charge in [-0.3, -0.25) is 15.0 Å². The number of benzene rings is 2. The topological polar surface area (TPSA) is 126 Å². The third kappa shape index (κ3) is 4.41. The summed E-state index contributed by atoms with van der Waals surface area (Å²) in [6.45, 7) is 1.94. The molecule has 1 aliphatic heterocycles. The number of esters is 1. The molecule has 0 bridgehead atoms. The maximum Gasteiger partial charge on any atom is 0.338 e. The number of carbonyl (C=O) groups is 4. The molecule has 0 atom stereocenters. The van der Waals surface area contributed by atoms with Crippen LogP contribution in [0.3, 0.4) is 0 Å². The van der Waals surface area contributed by atoms with Gasteiger partial charge in [-0.15, -0.1) is 0 Å². The summed E-state index contributed by atoms with van der Waals surface area (Å²) in [5, 5.41) is 10.4. The van der Waals surface area contributed by atoms with E-state index in [1.165, 1.54) is 42.5 Å². The van der Waals surface area contributed by atoms with Crippen molar-refractivity contribution < 1.29 is 33.4 Å². The van der Waals surface area contributed by atoms with Gasteiger partial charge in [-0.25, -0.2) is 14.6 Å². The third-order valence-electron chi connectivity index (χ3n) is 4.92. The van der Waals surface area contributed by atoms with Crippen LogP contribution in [-0.2, 0) is 14.3 Å². The summed E-state index contributed by atoms with van der Waals surface area (Å²) in [4.78, 5) is 48.4. The first-order valence-corrected chi connectivity index (χ1v) is 10.4. The van der Waals surface area contributed by atoms with Gasteiger partial charge < -0.3 is 14.3 Å². The number of carboxylic acid groups (broad SMARTS) is 1. The Balaban J connectivity index is 1.56. The number of carboxylic acids is 1. The Hall–Kier alpha value is -4.37. The molecule has 2 N–H and O–H groups in total. The van der Waals surface area contributed by atoms with E-state index in [0.29, 0.717) is 22.6 Å². The lowest BCUT2D eigenvalue weighted by molar-refractivity contribution is -0.117. The van der Waals surface area contributed by atoms with E-state index < -0.39 is 23.8 Å². The highest BCUT2D eigenvalue weighted by Gasteiger charge is 2.34. The summed E-state index contributed by atoms with van der Waals surface area (Å²) in [7, 11) is 0. The van der Waals surface area contributed by atoms with E-state index in [2.05, 4.69) is 5.43 Å². The minimum atomic E-state index is -1.18. The molecule has 0 saturated carbocycles. The van der Waals surface area contributed by atoms with Crippen LogP contribution in [0, 0.1) is 0 Å². The lowest BCUT2D eigenvalue weighted by atomic mass is 10.1. The van der Waals surface area contributed by atoms with Crippen LogP contribution in [0.15, 0.2) is 64.6 Å². The monoisotopic (exact) mass is 480 g/mol. The number of nitrogens with one attached hydrogen (secondary N) is 1. The van der Waals surface area contributed by atoms with Crippen LogP contribution in [0.25, 0.3) is 17.4 Å². The van der Waals surface area contributed by atoms with E-state index >= 15 is 0 Å². The summed E-state index contributed by atoms with van der Waals surface area (Å²) in [5.74, 6) is -2.34. The van der Waals surface area contributed by atoms with Gasteiger partial charge in [0.05, 0.1) is 28.4 Å². The largest absolute Gasteiger partial charge is 0.478 e. The van der Waals surface area contributed by atoms with Crippen molar-refractivity contribution in [1.29, 1.82) is 0 Å². The summed E-state index contributed by atoms with van der Waals surface area (Å²) in [6.07, 6.45) is 1.29. The first-order chi connectivity index (χ1) is 16.3. The van der Waals surface area contributed by atoms with E-state index in [9.17, 15) is 24.3 Å². The zero-order valence-corrected chi connectivity index (χ0v) is 18.5. The summed E-state index contributed by atoms with van der Waals surface area (Å²) in [6, 6.07) is 13.6. The van der Waals surface area contributed by atoms with Gasteiger partial charge in [0.15, 0.2) is 0 Å². The smallest absolute Gasteiger partial charge is 0.338 e. The maximum atomic E-state index is 12.8. The molecule has 172 valence electrons.